The van der Waals surface area contributed by atoms with Gasteiger partial charge >= 0.3 is 6.18 Å². The predicted molar refractivity (Wildman–Crippen MR) is 97.4 cm³/mol. The van der Waals surface area contributed by atoms with Crippen molar-refractivity contribution in [3.05, 3.63) is 52.2 Å². The molecule has 4 rings (SSSR count). The van der Waals surface area contributed by atoms with Gasteiger partial charge in [0.2, 0.25) is 10.0 Å². The third-order valence-corrected chi connectivity index (χ3v) is 7.88. The van der Waals surface area contributed by atoms with Crippen molar-refractivity contribution in [1.29, 1.82) is 0 Å². The fourth-order valence-corrected chi connectivity index (χ4v) is 6.13. The van der Waals surface area contributed by atoms with Crippen LogP contribution in [-0.2, 0) is 16.2 Å². The largest absolute Gasteiger partial charge is 0.425 e. The number of fused-ring (bicyclic) bond motifs is 2. The van der Waals surface area contributed by atoms with Crippen molar-refractivity contribution in [2.24, 2.45) is 5.92 Å². The molecular weight excluding hydrogens is 413 g/mol. The summed E-state index contributed by atoms with van der Waals surface area (Å²) in [4.78, 5) is 13.6. The Morgan fingerprint density at radius 2 is 1.82 bits per heavy atom. The molecule has 1 aliphatic heterocycles. The number of carbonyl (C=O) groups is 1. The molecule has 2 aliphatic rings. The Balaban J connectivity index is 1.43. The molecule has 1 saturated carbocycles. The lowest BCUT2D eigenvalue weighted by Gasteiger charge is -2.31. The number of likely N-dealkylation sites (tertiary alicyclic amines) is 1. The van der Waals surface area contributed by atoms with Crippen LogP contribution < -0.4 is 4.72 Å². The first-order valence-corrected chi connectivity index (χ1v) is 11.0. The highest BCUT2D eigenvalue weighted by Gasteiger charge is 2.48. The number of alkyl halides is 3. The maximum Gasteiger partial charge on any atom is 0.425 e. The van der Waals surface area contributed by atoms with E-state index in [0.717, 1.165) is 6.07 Å². The fraction of sp³-hybridized carbons (Fsp3) is 0.389. The maximum absolute atomic E-state index is 12.8. The lowest BCUT2D eigenvalue weighted by molar-refractivity contribution is -0.134. The van der Waals surface area contributed by atoms with Crippen LogP contribution in [0.3, 0.4) is 0 Å². The van der Waals surface area contributed by atoms with E-state index in [9.17, 15) is 26.4 Å². The predicted octanol–water partition coefficient (Wildman–Crippen LogP) is 3.35. The van der Waals surface area contributed by atoms with Crippen LogP contribution >= 0.6 is 11.3 Å². The van der Waals surface area contributed by atoms with E-state index in [0.29, 0.717) is 30.7 Å². The molecule has 28 heavy (non-hydrogen) atoms. The van der Waals surface area contributed by atoms with Gasteiger partial charge in [-0.15, -0.1) is 11.3 Å². The second kappa shape index (κ2) is 6.85. The summed E-state index contributed by atoms with van der Waals surface area (Å²) in [6.07, 6.45) is -3.36. The Kier molecular flexibility index (Phi) is 4.75. The van der Waals surface area contributed by atoms with E-state index in [-0.39, 0.29) is 27.8 Å². The summed E-state index contributed by atoms with van der Waals surface area (Å²) in [6, 6.07) is 9.72. The zero-order valence-electron chi connectivity index (χ0n) is 14.5. The SMILES string of the molecule is O=C(c1ccc(C(F)(F)F)s1)N1CC2CC1CC2NS(=O)(=O)c1ccccc1. The molecule has 2 fully saturated rings. The van der Waals surface area contributed by atoms with Crippen molar-refractivity contribution < 1.29 is 26.4 Å². The molecule has 2 bridgehead atoms. The number of halogens is 3. The van der Waals surface area contributed by atoms with Crippen molar-refractivity contribution in [3.8, 4) is 0 Å². The first kappa shape index (κ1) is 19.4. The van der Waals surface area contributed by atoms with E-state index in [4.69, 9.17) is 0 Å². The molecule has 0 spiro atoms. The number of piperidine rings is 1. The summed E-state index contributed by atoms with van der Waals surface area (Å²) in [5.74, 6) is -0.466. The number of benzene rings is 1. The van der Waals surface area contributed by atoms with Crippen LogP contribution in [0, 0.1) is 5.92 Å². The normalized spacial score (nSPS) is 24.7. The Labute approximate surface area is 164 Å². The van der Waals surface area contributed by atoms with Crippen molar-refractivity contribution in [1.82, 2.24) is 9.62 Å². The molecule has 1 aliphatic carbocycles. The summed E-state index contributed by atoms with van der Waals surface area (Å²) in [5, 5.41) is 0. The summed E-state index contributed by atoms with van der Waals surface area (Å²) >= 11 is 0.443. The first-order valence-electron chi connectivity index (χ1n) is 8.70. The molecule has 3 atom stereocenters. The monoisotopic (exact) mass is 430 g/mol. The molecule has 5 nitrogen and oxygen atoms in total. The summed E-state index contributed by atoms with van der Waals surface area (Å²) in [5.41, 5.74) is 0. The van der Waals surface area contributed by atoms with Crippen LogP contribution in [0.4, 0.5) is 13.2 Å². The van der Waals surface area contributed by atoms with Gasteiger partial charge in [-0.05, 0) is 43.0 Å². The number of rotatable bonds is 4. The molecule has 150 valence electrons. The number of carbonyl (C=O) groups excluding carboxylic acids is 1. The average molecular weight is 430 g/mol. The minimum absolute atomic E-state index is 0.0468. The molecule has 3 unspecified atom stereocenters. The van der Waals surface area contributed by atoms with Gasteiger partial charge < -0.3 is 4.90 Å². The lowest BCUT2D eigenvalue weighted by atomic mass is 10.0. The number of hydrogen-bond acceptors (Lipinski definition) is 4. The molecular formula is C18H17F3N2O3S2. The number of hydrogen-bond donors (Lipinski definition) is 1. The van der Waals surface area contributed by atoms with Gasteiger partial charge in [-0.1, -0.05) is 18.2 Å². The number of thiophene rings is 1. The van der Waals surface area contributed by atoms with Gasteiger partial charge in [0.1, 0.15) is 4.88 Å². The van der Waals surface area contributed by atoms with Crippen LogP contribution in [0.25, 0.3) is 0 Å². The number of amides is 1. The van der Waals surface area contributed by atoms with Crippen molar-refractivity contribution in [3.63, 3.8) is 0 Å². The Bertz CT molecular complexity index is 989. The van der Waals surface area contributed by atoms with Gasteiger partial charge in [-0.25, -0.2) is 13.1 Å². The Hall–Kier alpha value is -1.91. The molecule has 1 amide bonds. The van der Waals surface area contributed by atoms with Crippen molar-refractivity contribution >= 4 is 27.3 Å². The fourth-order valence-electron chi connectivity index (χ4n) is 3.96. The van der Waals surface area contributed by atoms with Crippen molar-refractivity contribution in [2.75, 3.05) is 6.54 Å². The van der Waals surface area contributed by atoms with E-state index in [2.05, 4.69) is 4.72 Å². The van der Waals surface area contributed by atoms with Crippen molar-refractivity contribution in [2.45, 2.75) is 36.0 Å². The van der Waals surface area contributed by atoms with E-state index in [1.54, 1.807) is 23.1 Å². The smallest absolute Gasteiger partial charge is 0.335 e. The van der Waals surface area contributed by atoms with Gasteiger partial charge in [0, 0.05) is 18.6 Å². The van der Waals surface area contributed by atoms with Gasteiger partial charge in [-0.2, -0.15) is 13.2 Å². The molecule has 1 saturated heterocycles. The first-order chi connectivity index (χ1) is 13.1. The molecule has 1 N–H and O–H groups in total. The minimum Gasteiger partial charge on any atom is -0.335 e. The van der Waals surface area contributed by atoms with E-state index >= 15 is 0 Å². The molecule has 1 aromatic heterocycles. The Morgan fingerprint density at radius 3 is 2.39 bits per heavy atom. The minimum atomic E-state index is -4.46. The van der Waals surface area contributed by atoms with Gasteiger partial charge in [0.15, 0.2) is 0 Å². The average Bonchev–Trinajstić information content (AvgIpc) is 3.36. The Morgan fingerprint density at radius 1 is 1.11 bits per heavy atom. The van der Waals surface area contributed by atoms with Crippen LogP contribution in [0.2, 0.25) is 0 Å². The molecule has 0 radical (unpaired) electrons. The second-order valence-corrected chi connectivity index (χ2v) is 9.84. The van der Waals surface area contributed by atoms with Gasteiger partial charge in [0.05, 0.1) is 9.77 Å². The third-order valence-electron chi connectivity index (χ3n) is 5.26. The van der Waals surface area contributed by atoms with Gasteiger partial charge in [-0.3, -0.25) is 4.79 Å². The number of sulfonamides is 1. The topological polar surface area (TPSA) is 66.5 Å². The highest BCUT2D eigenvalue weighted by molar-refractivity contribution is 7.89. The van der Waals surface area contributed by atoms with Crippen LogP contribution in [0.1, 0.15) is 27.4 Å². The standard InChI is InChI=1S/C18H17F3N2O3S2/c19-18(20,21)16-7-6-15(27-16)17(24)23-10-11-8-12(23)9-14(11)22-28(25,26)13-4-2-1-3-5-13/h1-7,11-12,14,22H,8-10H2. The number of nitrogens with one attached hydrogen (secondary N) is 1. The summed E-state index contributed by atoms with van der Waals surface area (Å²) in [7, 11) is -3.65. The van der Waals surface area contributed by atoms with Crippen LogP contribution in [0.5, 0.6) is 0 Å². The highest BCUT2D eigenvalue weighted by atomic mass is 32.2. The lowest BCUT2D eigenvalue weighted by Crippen LogP contribution is -2.47. The zero-order chi connectivity index (χ0) is 20.1. The van der Waals surface area contributed by atoms with Crippen LogP contribution in [-0.4, -0.2) is 37.9 Å². The van der Waals surface area contributed by atoms with Crippen LogP contribution in [0.15, 0.2) is 47.4 Å². The van der Waals surface area contributed by atoms with E-state index in [1.165, 1.54) is 18.2 Å². The summed E-state index contributed by atoms with van der Waals surface area (Å²) in [6.45, 7) is 0.338. The quantitative estimate of drug-likeness (QED) is 0.809. The van der Waals surface area contributed by atoms with E-state index < -0.39 is 27.0 Å². The van der Waals surface area contributed by atoms with E-state index in [1.807, 2.05) is 0 Å². The summed E-state index contributed by atoms with van der Waals surface area (Å²) < 4.78 is 66.0. The second-order valence-electron chi connectivity index (χ2n) is 7.05. The number of nitrogens with zero attached hydrogens (tertiary/aromatic N) is 1. The molecule has 2 aromatic rings. The maximum atomic E-state index is 12.8. The molecule has 1 aromatic carbocycles. The highest BCUT2D eigenvalue weighted by Crippen LogP contribution is 2.41. The zero-order valence-corrected chi connectivity index (χ0v) is 16.2. The third kappa shape index (κ3) is 3.56. The molecule has 10 heteroatoms. The van der Waals surface area contributed by atoms with Gasteiger partial charge in [0.25, 0.3) is 5.91 Å². The molecule has 2 heterocycles.